The van der Waals surface area contributed by atoms with Gasteiger partial charge in [0.25, 0.3) is 11.8 Å². The molecular formula is C32H27F3N8O2. The number of carbonyl (C=O) groups excluding carboxylic acids is 2. The quantitative estimate of drug-likeness (QED) is 0.233. The van der Waals surface area contributed by atoms with E-state index >= 15 is 0 Å². The van der Waals surface area contributed by atoms with E-state index in [9.17, 15) is 22.8 Å². The third-order valence-corrected chi connectivity index (χ3v) is 8.95. The van der Waals surface area contributed by atoms with Crippen molar-refractivity contribution in [2.24, 2.45) is 0 Å². The number of fused-ring (bicyclic) bond motifs is 3. The van der Waals surface area contributed by atoms with Crippen LogP contribution in [-0.2, 0) is 11.6 Å². The molecule has 0 atom stereocenters. The van der Waals surface area contributed by atoms with Gasteiger partial charge in [0.15, 0.2) is 0 Å². The second-order valence-corrected chi connectivity index (χ2v) is 11.7. The van der Waals surface area contributed by atoms with Crippen molar-refractivity contribution in [2.45, 2.75) is 49.2 Å². The molecule has 0 unspecified atom stereocenters. The van der Waals surface area contributed by atoms with Crippen molar-refractivity contribution in [3.63, 3.8) is 0 Å². The SMILES string of the molecule is Nc1nccn2c(C34CCC(NC(=O)c5cccnc5)(CC3)C4)nc(-c3ccc(C(=O)Nc4cc(C(F)(F)F)ccn4)cc3)c12. The molecule has 2 aliphatic carbocycles. The molecular weight excluding hydrogens is 585 g/mol. The zero-order valence-corrected chi connectivity index (χ0v) is 23.8. The largest absolute Gasteiger partial charge is 0.416 e. The number of benzene rings is 1. The molecule has 228 valence electrons. The molecule has 0 saturated heterocycles. The summed E-state index contributed by atoms with van der Waals surface area (Å²) in [6.45, 7) is 0. The van der Waals surface area contributed by atoms with Gasteiger partial charge in [-0.25, -0.2) is 15.0 Å². The molecule has 13 heteroatoms. The van der Waals surface area contributed by atoms with Crippen LogP contribution in [0.5, 0.6) is 0 Å². The van der Waals surface area contributed by atoms with E-state index in [4.69, 9.17) is 10.7 Å². The highest BCUT2D eigenvalue weighted by atomic mass is 19.4. The first-order valence-corrected chi connectivity index (χ1v) is 14.4. The predicted octanol–water partition coefficient (Wildman–Crippen LogP) is 5.42. The second-order valence-electron chi connectivity index (χ2n) is 11.7. The monoisotopic (exact) mass is 612 g/mol. The summed E-state index contributed by atoms with van der Waals surface area (Å²) in [5.41, 5.74) is 7.51. The van der Waals surface area contributed by atoms with Gasteiger partial charge in [0, 0.05) is 53.1 Å². The molecule has 10 nitrogen and oxygen atoms in total. The molecule has 0 spiro atoms. The van der Waals surface area contributed by atoms with Crippen LogP contribution in [0.2, 0.25) is 0 Å². The highest BCUT2D eigenvalue weighted by Gasteiger charge is 2.57. The molecule has 2 saturated carbocycles. The lowest BCUT2D eigenvalue weighted by atomic mass is 9.83. The minimum Gasteiger partial charge on any atom is -0.382 e. The van der Waals surface area contributed by atoms with Gasteiger partial charge in [0.2, 0.25) is 0 Å². The molecule has 2 bridgehead atoms. The summed E-state index contributed by atoms with van der Waals surface area (Å²) in [5, 5.41) is 5.71. The fourth-order valence-corrected chi connectivity index (χ4v) is 6.77. The third kappa shape index (κ3) is 5.03. The number of anilines is 2. The van der Waals surface area contributed by atoms with Crippen LogP contribution in [-0.4, -0.2) is 41.7 Å². The van der Waals surface area contributed by atoms with Gasteiger partial charge in [-0.1, -0.05) is 12.1 Å². The molecule has 0 aliphatic heterocycles. The standard InChI is InChI=1S/C32H27F3N8O2/c33-32(34,35)22-7-13-38-23(16-22)40-27(44)20-5-3-19(4-6-20)24-25-26(36)39-14-15-43(25)29(41-24)30-8-10-31(18-30,11-9-30)42-28(45)21-2-1-12-37-17-21/h1-7,12-17H,8-11,18H2,(H2,36,39)(H,42,45)(H,38,40,44). The first kappa shape index (κ1) is 28.4. The fraction of sp³-hybridized carbons (Fsp3) is 0.250. The zero-order valence-electron chi connectivity index (χ0n) is 23.8. The summed E-state index contributed by atoms with van der Waals surface area (Å²) >= 11 is 0. The van der Waals surface area contributed by atoms with Gasteiger partial charge in [-0.2, -0.15) is 13.2 Å². The lowest BCUT2D eigenvalue weighted by molar-refractivity contribution is -0.137. The number of aromatic nitrogens is 5. The van der Waals surface area contributed by atoms with E-state index in [0.717, 1.165) is 56.3 Å². The Morgan fingerprint density at radius 2 is 1.69 bits per heavy atom. The van der Waals surface area contributed by atoms with E-state index in [1.807, 2.05) is 10.6 Å². The van der Waals surface area contributed by atoms with E-state index in [1.165, 1.54) is 0 Å². The minimum atomic E-state index is -4.56. The van der Waals surface area contributed by atoms with Crippen LogP contribution in [0.15, 0.2) is 79.5 Å². The van der Waals surface area contributed by atoms with Crippen LogP contribution in [0.3, 0.4) is 0 Å². The Morgan fingerprint density at radius 1 is 0.911 bits per heavy atom. The number of nitrogens with zero attached hydrogens (tertiary/aromatic N) is 5. The number of rotatable bonds is 6. The number of alkyl halides is 3. The average molecular weight is 613 g/mol. The molecule has 4 aromatic heterocycles. The van der Waals surface area contributed by atoms with Gasteiger partial charge in [-0.3, -0.25) is 19.0 Å². The van der Waals surface area contributed by atoms with Crippen LogP contribution < -0.4 is 16.4 Å². The Morgan fingerprint density at radius 3 is 2.40 bits per heavy atom. The van der Waals surface area contributed by atoms with Crippen molar-refractivity contribution >= 4 is 29.0 Å². The average Bonchev–Trinajstić information content (AvgIpc) is 3.73. The fourth-order valence-electron chi connectivity index (χ4n) is 6.77. The third-order valence-electron chi connectivity index (χ3n) is 8.95. The van der Waals surface area contributed by atoms with Gasteiger partial charge in [-0.15, -0.1) is 0 Å². The Kier molecular flexibility index (Phi) is 6.57. The second kappa shape index (κ2) is 10.4. The number of pyridine rings is 2. The molecule has 2 amide bonds. The minimum absolute atomic E-state index is 0.143. The summed E-state index contributed by atoms with van der Waals surface area (Å²) in [6, 6.07) is 11.7. The number of halogens is 3. The zero-order chi connectivity index (χ0) is 31.4. The highest BCUT2D eigenvalue weighted by molar-refractivity contribution is 6.04. The lowest BCUT2D eigenvalue weighted by Gasteiger charge is -2.28. The molecule has 0 radical (unpaired) electrons. The number of carbonyl (C=O) groups is 2. The number of amides is 2. The molecule has 2 fully saturated rings. The van der Waals surface area contributed by atoms with E-state index in [2.05, 4.69) is 25.6 Å². The number of hydrogen-bond donors (Lipinski definition) is 3. The number of nitrogen functional groups attached to an aromatic ring is 1. The maximum Gasteiger partial charge on any atom is 0.416 e. The Balaban J connectivity index is 1.16. The van der Waals surface area contributed by atoms with Gasteiger partial charge in [0.05, 0.1) is 11.1 Å². The van der Waals surface area contributed by atoms with Gasteiger partial charge < -0.3 is 16.4 Å². The van der Waals surface area contributed by atoms with E-state index in [0.29, 0.717) is 28.2 Å². The van der Waals surface area contributed by atoms with Gasteiger partial charge >= 0.3 is 6.18 Å². The number of nitrogens with two attached hydrogens (primary N) is 1. The molecule has 2 aliphatic rings. The number of nitrogens with one attached hydrogen (secondary N) is 2. The van der Waals surface area contributed by atoms with Crippen molar-refractivity contribution in [2.75, 3.05) is 11.1 Å². The van der Waals surface area contributed by atoms with Crippen molar-refractivity contribution in [1.29, 1.82) is 0 Å². The normalized spacial score (nSPS) is 20.8. The van der Waals surface area contributed by atoms with Crippen LogP contribution in [0.1, 0.15) is 64.2 Å². The molecule has 4 N–H and O–H groups in total. The molecule has 7 rings (SSSR count). The first-order chi connectivity index (χ1) is 21.6. The van der Waals surface area contributed by atoms with Crippen molar-refractivity contribution in [3.05, 3.63) is 102 Å². The van der Waals surface area contributed by atoms with Crippen LogP contribution >= 0.6 is 0 Å². The Hall–Kier alpha value is -5.33. The van der Waals surface area contributed by atoms with E-state index in [1.54, 1.807) is 55.0 Å². The van der Waals surface area contributed by atoms with Crippen LogP contribution in [0.4, 0.5) is 24.8 Å². The summed E-state index contributed by atoms with van der Waals surface area (Å²) in [7, 11) is 0. The molecule has 4 heterocycles. The van der Waals surface area contributed by atoms with E-state index < -0.39 is 17.6 Å². The van der Waals surface area contributed by atoms with E-state index in [-0.39, 0.29) is 28.2 Å². The predicted molar refractivity (Wildman–Crippen MR) is 159 cm³/mol. The van der Waals surface area contributed by atoms with Gasteiger partial charge in [-0.05, 0) is 68.5 Å². The van der Waals surface area contributed by atoms with Gasteiger partial charge in [0.1, 0.15) is 28.7 Å². The highest BCUT2D eigenvalue weighted by Crippen LogP contribution is 2.57. The number of hydrogen-bond acceptors (Lipinski definition) is 7. The smallest absolute Gasteiger partial charge is 0.382 e. The number of imidazole rings is 1. The summed E-state index contributed by atoms with van der Waals surface area (Å²) in [4.78, 5) is 43.2. The molecule has 45 heavy (non-hydrogen) atoms. The Bertz CT molecular complexity index is 1930. The molecule has 5 aromatic rings. The van der Waals surface area contributed by atoms with Crippen molar-refractivity contribution in [1.82, 2.24) is 29.7 Å². The Labute approximate surface area is 254 Å². The van der Waals surface area contributed by atoms with Crippen LogP contribution in [0, 0.1) is 0 Å². The van der Waals surface area contributed by atoms with Crippen molar-refractivity contribution in [3.8, 4) is 11.3 Å². The summed E-state index contributed by atoms with van der Waals surface area (Å²) < 4.78 is 41.2. The topological polar surface area (TPSA) is 140 Å². The maximum atomic E-state index is 13.1. The van der Waals surface area contributed by atoms with Crippen LogP contribution in [0.25, 0.3) is 16.8 Å². The lowest BCUT2D eigenvalue weighted by Crippen LogP contribution is -2.45. The summed E-state index contributed by atoms with van der Waals surface area (Å²) in [5.74, 6) is 0.185. The summed E-state index contributed by atoms with van der Waals surface area (Å²) in [6.07, 6.45) is 7.13. The maximum absolute atomic E-state index is 13.1. The van der Waals surface area contributed by atoms with Crippen molar-refractivity contribution < 1.29 is 22.8 Å². The molecule has 1 aromatic carbocycles. The first-order valence-electron chi connectivity index (χ1n) is 14.4.